The summed E-state index contributed by atoms with van der Waals surface area (Å²) >= 11 is 5.04. The Morgan fingerprint density at radius 1 is 1.16 bits per heavy atom. The van der Waals surface area contributed by atoms with Gasteiger partial charge in [-0.25, -0.2) is 0 Å². The molecule has 19 heavy (non-hydrogen) atoms. The van der Waals surface area contributed by atoms with Gasteiger partial charge in [0.25, 0.3) is 0 Å². The Bertz CT molecular complexity index is 651. The molecule has 1 aliphatic rings. The summed E-state index contributed by atoms with van der Waals surface area (Å²) in [4.78, 5) is 2.73. The third kappa shape index (κ3) is 1.82. The summed E-state index contributed by atoms with van der Waals surface area (Å²) in [5.41, 5.74) is -0.610. The SMILES string of the molecule is FC(F)(F)C1(n2c(-c3ccccc3)c[nH]c2=S)CC1. The number of hydrogen-bond donors (Lipinski definition) is 1. The molecule has 0 amide bonds. The predicted molar refractivity (Wildman–Crippen MR) is 68.3 cm³/mol. The number of aromatic amines is 1. The van der Waals surface area contributed by atoms with Crippen LogP contribution in [0.1, 0.15) is 12.8 Å². The molecule has 1 fully saturated rings. The molecule has 6 heteroatoms. The molecule has 0 saturated heterocycles. The van der Waals surface area contributed by atoms with E-state index in [1.165, 1.54) is 4.57 Å². The summed E-state index contributed by atoms with van der Waals surface area (Å²) in [5, 5.41) is 0. The minimum Gasteiger partial charge on any atom is -0.337 e. The lowest BCUT2D eigenvalue weighted by Gasteiger charge is -2.23. The quantitative estimate of drug-likeness (QED) is 0.817. The Labute approximate surface area is 112 Å². The van der Waals surface area contributed by atoms with Crippen LogP contribution in [0.15, 0.2) is 36.5 Å². The Kier molecular flexibility index (Phi) is 2.60. The minimum atomic E-state index is -4.28. The van der Waals surface area contributed by atoms with Gasteiger partial charge in [-0.1, -0.05) is 30.3 Å². The van der Waals surface area contributed by atoms with Crippen molar-refractivity contribution in [3.63, 3.8) is 0 Å². The number of hydrogen-bond acceptors (Lipinski definition) is 1. The van der Waals surface area contributed by atoms with Crippen molar-refractivity contribution in [1.82, 2.24) is 9.55 Å². The fraction of sp³-hybridized carbons (Fsp3) is 0.308. The highest BCUT2D eigenvalue weighted by Gasteiger charge is 2.65. The number of H-pyrrole nitrogens is 1. The molecule has 2 nitrogen and oxygen atoms in total. The molecule has 1 aromatic heterocycles. The maximum atomic E-state index is 13.3. The van der Waals surface area contributed by atoms with E-state index in [0.717, 1.165) is 5.56 Å². The van der Waals surface area contributed by atoms with Crippen LogP contribution in [0.5, 0.6) is 0 Å². The van der Waals surface area contributed by atoms with Crippen LogP contribution in [0.3, 0.4) is 0 Å². The Morgan fingerprint density at radius 3 is 2.32 bits per heavy atom. The van der Waals surface area contributed by atoms with Gasteiger partial charge in [0.15, 0.2) is 4.77 Å². The van der Waals surface area contributed by atoms with E-state index in [-0.39, 0.29) is 17.6 Å². The molecule has 1 heterocycles. The fourth-order valence-electron chi connectivity index (χ4n) is 2.37. The van der Waals surface area contributed by atoms with Crippen LogP contribution in [0.4, 0.5) is 13.2 Å². The Hall–Kier alpha value is -1.56. The van der Waals surface area contributed by atoms with E-state index < -0.39 is 11.7 Å². The molecule has 3 rings (SSSR count). The zero-order chi connectivity index (χ0) is 13.7. The van der Waals surface area contributed by atoms with E-state index in [9.17, 15) is 13.2 Å². The number of halogens is 3. The number of benzene rings is 1. The molecular weight excluding hydrogens is 273 g/mol. The van der Waals surface area contributed by atoms with Gasteiger partial charge in [-0.3, -0.25) is 0 Å². The van der Waals surface area contributed by atoms with Crippen molar-refractivity contribution in [2.24, 2.45) is 0 Å². The number of alkyl halides is 3. The first-order valence-corrected chi connectivity index (χ1v) is 6.30. The van der Waals surface area contributed by atoms with Crippen LogP contribution in [0.2, 0.25) is 0 Å². The number of rotatable bonds is 2. The minimum absolute atomic E-state index is 0.0858. The van der Waals surface area contributed by atoms with Gasteiger partial charge < -0.3 is 9.55 Å². The topological polar surface area (TPSA) is 20.7 Å². The average Bonchev–Trinajstić information content (AvgIpc) is 3.09. The van der Waals surface area contributed by atoms with Crippen molar-refractivity contribution in [3.8, 4) is 11.3 Å². The van der Waals surface area contributed by atoms with Crippen LogP contribution in [-0.4, -0.2) is 15.7 Å². The summed E-state index contributed by atoms with van der Waals surface area (Å²) in [6.45, 7) is 0. The van der Waals surface area contributed by atoms with Crippen LogP contribution in [-0.2, 0) is 5.54 Å². The largest absolute Gasteiger partial charge is 0.412 e. The third-order valence-corrected chi connectivity index (χ3v) is 3.83. The number of nitrogens with zero attached hydrogens (tertiary/aromatic N) is 1. The number of nitrogens with one attached hydrogen (secondary N) is 1. The van der Waals surface area contributed by atoms with Crippen molar-refractivity contribution in [2.75, 3.05) is 0 Å². The standard InChI is InChI=1S/C13H11F3N2S/c14-13(15,16)12(6-7-12)18-10(8-17-11(18)19)9-4-2-1-3-5-9/h1-5,8H,6-7H2,(H,17,19). The maximum absolute atomic E-state index is 13.3. The smallest absolute Gasteiger partial charge is 0.337 e. The van der Waals surface area contributed by atoms with Gasteiger partial charge in [-0.2, -0.15) is 13.2 Å². The first kappa shape index (κ1) is 12.5. The molecule has 1 aromatic carbocycles. The van der Waals surface area contributed by atoms with Crippen molar-refractivity contribution in [3.05, 3.63) is 41.3 Å². The molecule has 0 unspecified atom stereocenters. The molecule has 1 saturated carbocycles. The summed E-state index contributed by atoms with van der Waals surface area (Å²) < 4.78 is 41.1. The molecule has 0 bridgehead atoms. The molecule has 100 valence electrons. The molecule has 0 radical (unpaired) electrons. The van der Waals surface area contributed by atoms with Gasteiger partial charge in [-0.05, 0) is 30.6 Å². The van der Waals surface area contributed by atoms with E-state index in [2.05, 4.69) is 4.98 Å². The highest BCUT2D eigenvalue weighted by molar-refractivity contribution is 7.71. The number of aromatic nitrogens is 2. The van der Waals surface area contributed by atoms with Crippen molar-refractivity contribution < 1.29 is 13.2 Å². The van der Waals surface area contributed by atoms with Crippen LogP contribution >= 0.6 is 12.2 Å². The third-order valence-electron chi connectivity index (χ3n) is 3.53. The summed E-state index contributed by atoms with van der Waals surface area (Å²) in [7, 11) is 0. The van der Waals surface area contributed by atoms with Crippen LogP contribution < -0.4 is 0 Å². The molecule has 2 aromatic rings. The van der Waals surface area contributed by atoms with E-state index >= 15 is 0 Å². The molecule has 0 aliphatic heterocycles. The zero-order valence-electron chi connectivity index (χ0n) is 9.87. The summed E-state index contributed by atoms with van der Waals surface area (Å²) in [6, 6.07) is 8.97. The average molecular weight is 284 g/mol. The molecule has 0 spiro atoms. The second-order valence-electron chi connectivity index (χ2n) is 4.71. The van der Waals surface area contributed by atoms with Gasteiger partial charge in [0.05, 0.1) is 5.69 Å². The lowest BCUT2D eigenvalue weighted by atomic mass is 10.1. The van der Waals surface area contributed by atoms with Gasteiger partial charge in [0.2, 0.25) is 0 Å². The van der Waals surface area contributed by atoms with E-state index in [0.29, 0.717) is 5.69 Å². The first-order valence-electron chi connectivity index (χ1n) is 5.89. The molecular formula is C13H11F3N2S. The predicted octanol–water partition coefficient (Wildman–Crippen LogP) is 4.26. The summed E-state index contributed by atoms with van der Waals surface area (Å²) in [6.07, 6.45) is -2.56. The fourth-order valence-corrected chi connectivity index (χ4v) is 2.70. The van der Waals surface area contributed by atoms with Crippen LogP contribution in [0, 0.1) is 4.77 Å². The van der Waals surface area contributed by atoms with Gasteiger partial charge >= 0.3 is 6.18 Å². The van der Waals surface area contributed by atoms with Crippen molar-refractivity contribution in [1.29, 1.82) is 0 Å². The van der Waals surface area contributed by atoms with Gasteiger partial charge in [-0.15, -0.1) is 0 Å². The molecule has 1 N–H and O–H groups in total. The summed E-state index contributed by atoms with van der Waals surface area (Å²) in [5.74, 6) is 0. The first-order chi connectivity index (χ1) is 8.96. The zero-order valence-corrected chi connectivity index (χ0v) is 10.7. The molecule has 0 atom stereocenters. The van der Waals surface area contributed by atoms with Crippen molar-refractivity contribution >= 4 is 12.2 Å². The van der Waals surface area contributed by atoms with Crippen LogP contribution in [0.25, 0.3) is 11.3 Å². The second-order valence-corrected chi connectivity index (χ2v) is 5.10. The van der Waals surface area contributed by atoms with E-state index in [1.54, 1.807) is 30.5 Å². The lowest BCUT2D eigenvalue weighted by Crippen LogP contribution is -2.35. The normalized spacial score (nSPS) is 17.4. The molecule has 1 aliphatic carbocycles. The van der Waals surface area contributed by atoms with Crippen molar-refractivity contribution in [2.45, 2.75) is 24.6 Å². The van der Waals surface area contributed by atoms with E-state index in [4.69, 9.17) is 12.2 Å². The highest BCUT2D eigenvalue weighted by Crippen LogP contribution is 2.56. The van der Waals surface area contributed by atoms with E-state index in [1.807, 2.05) is 6.07 Å². The van der Waals surface area contributed by atoms with Gasteiger partial charge in [0, 0.05) is 6.20 Å². The highest BCUT2D eigenvalue weighted by atomic mass is 32.1. The lowest BCUT2D eigenvalue weighted by molar-refractivity contribution is -0.179. The monoisotopic (exact) mass is 284 g/mol. The maximum Gasteiger partial charge on any atom is 0.412 e. The Morgan fingerprint density at radius 2 is 1.79 bits per heavy atom. The second kappa shape index (κ2) is 3.96. The number of imidazole rings is 1. The van der Waals surface area contributed by atoms with Gasteiger partial charge in [0.1, 0.15) is 5.54 Å². The Balaban J connectivity index is 2.19.